The largest absolute Gasteiger partial charge is 0.493 e. The topological polar surface area (TPSA) is 95.0 Å². The molecular formula is C31H31N5O5. The summed E-state index contributed by atoms with van der Waals surface area (Å²) in [7, 11) is 1.57. The van der Waals surface area contributed by atoms with E-state index in [4.69, 9.17) is 9.47 Å². The van der Waals surface area contributed by atoms with Crippen molar-refractivity contribution in [2.45, 2.75) is 18.9 Å². The second kappa shape index (κ2) is 10.3. The summed E-state index contributed by atoms with van der Waals surface area (Å²) < 4.78 is 11.7. The lowest BCUT2D eigenvalue weighted by atomic mass is 9.94. The van der Waals surface area contributed by atoms with Crippen LogP contribution in [0.2, 0.25) is 0 Å². The van der Waals surface area contributed by atoms with Gasteiger partial charge in [-0.1, -0.05) is 24.3 Å². The molecule has 0 unspecified atom stereocenters. The molecular weight excluding hydrogens is 522 g/mol. The number of benzene rings is 3. The van der Waals surface area contributed by atoms with E-state index in [0.717, 1.165) is 30.2 Å². The summed E-state index contributed by atoms with van der Waals surface area (Å²) in [6, 6.07) is 14.7. The van der Waals surface area contributed by atoms with Crippen molar-refractivity contribution in [3.8, 4) is 11.5 Å². The second-order valence-electron chi connectivity index (χ2n) is 10.9. The molecule has 41 heavy (non-hydrogen) atoms. The fourth-order valence-electron chi connectivity index (χ4n) is 6.25. The van der Waals surface area contributed by atoms with Crippen molar-refractivity contribution >= 4 is 40.4 Å². The van der Waals surface area contributed by atoms with Gasteiger partial charge in [-0.2, -0.15) is 0 Å². The third kappa shape index (κ3) is 4.43. The number of hydrogen-bond acceptors (Lipinski definition) is 8. The van der Waals surface area contributed by atoms with Gasteiger partial charge in [0.1, 0.15) is 6.73 Å². The van der Waals surface area contributed by atoms with E-state index in [0.29, 0.717) is 66.8 Å². The van der Waals surface area contributed by atoms with E-state index in [1.165, 1.54) is 4.90 Å². The van der Waals surface area contributed by atoms with Crippen molar-refractivity contribution in [3.05, 3.63) is 65.2 Å². The van der Waals surface area contributed by atoms with Crippen LogP contribution < -0.4 is 9.47 Å². The molecule has 0 spiro atoms. The van der Waals surface area contributed by atoms with Crippen molar-refractivity contribution < 1.29 is 23.9 Å². The van der Waals surface area contributed by atoms with Gasteiger partial charge in [-0.05, 0) is 36.4 Å². The van der Waals surface area contributed by atoms with Gasteiger partial charge in [-0.3, -0.25) is 34.1 Å². The van der Waals surface area contributed by atoms with Crippen LogP contribution in [0.1, 0.15) is 43.9 Å². The minimum atomic E-state index is -0.248. The highest BCUT2D eigenvalue weighted by atomic mass is 16.5. The SMILES string of the molecule is COc1cc2c(cc1OCN1CCN(CN3C(=O)c4cccc5cccc(c45)C3=O)CC1)N=C[C@@H]1CCCN1C2=O. The lowest BCUT2D eigenvalue weighted by molar-refractivity contribution is 0.0297. The molecule has 4 aliphatic heterocycles. The van der Waals surface area contributed by atoms with Gasteiger partial charge in [-0.25, -0.2) is 0 Å². The summed E-state index contributed by atoms with van der Waals surface area (Å²) in [5.74, 6) is 0.523. The highest BCUT2D eigenvalue weighted by Gasteiger charge is 2.35. The normalized spacial score (nSPS) is 20.8. The van der Waals surface area contributed by atoms with Gasteiger partial charge in [0, 0.05) is 61.5 Å². The van der Waals surface area contributed by atoms with E-state index in [-0.39, 0.29) is 30.4 Å². The van der Waals surface area contributed by atoms with Crippen LogP contribution in [-0.2, 0) is 0 Å². The molecule has 0 saturated carbocycles. The molecule has 0 radical (unpaired) electrons. The Balaban J connectivity index is 0.990. The predicted molar refractivity (Wildman–Crippen MR) is 153 cm³/mol. The molecule has 0 aromatic heterocycles. The molecule has 0 N–H and O–H groups in total. The van der Waals surface area contributed by atoms with E-state index in [1.54, 1.807) is 31.4 Å². The zero-order valence-electron chi connectivity index (χ0n) is 22.9. The Morgan fingerprint density at radius 3 is 2.24 bits per heavy atom. The predicted octanol–water partition coefficient (Wildman–Crippen LogP) is 3.38. The zero-order chi connectivity index (χ0) is 28.1. The lowest BCUT2D eigenvalue weighted by Crippen LogP contribution is -2.53. The number of aliphatic imine (C=N–C) groups is 1. The molecule has 4 heterocycles. The number of methoxy groups -OCH3 is 1. The number of hydrogen-bond donors (Lipinski definition) is 0. The van der Waals surface area contributed by atoms with Gasteiger partial charge >= 0.3 is 0 Å². The number of ether oxygens (including phenoxy) is 2. The number of carbonyl (C=O) groups excluding carboxylic acids is 3. The molecule has 0 bridgehead atoms. The van der Waals surface area contributed by atoms with Crippen LogP contribution in [0.15, 0.2) is 53.5 Å². The molecule has 2 fully saturated rings. The third-order valence-electron chi connectivity index (χ3n) is 8.52. The fraction of sp³-hybridized carbons (Fsp3) is 0.355. The van der Waals surface area contributed by atoms with Crippen LogP contribution >= 0.6 is 0 Å². The summed E-state index contributed by atoms with van der Waals surface area (Å²) in [6.07, 6.45) is 3.78. The molecule has 3 aromatic carbocycles. The number of imide groups is 1. The number of amides is 3. The van der Waals surface area contributed by atoms with Crippen LogP contribution in [0, 0.1) is 0 Å². The van der Waals surface area contributed by atoms with Crippen LogP contribution in [0.3, 0.4) is 0 Å². The van der Waals surface area contributed by atoms with Crippen molar-refractivity contribution in [1.29, 1.82) is 0 Å². The smallest absolute Gasteiger partial charge is 0.262 e. The Labute approximate surface area is 237 Å². The van der Waals surface area contributed by atoms with E-state index in [2.05, 4.69) is 14.8 Å². The Bertz CT molecular complexity index is 1540. The van der Waals surface area contributed by atoms with Gasteiger partial charge in [-0.15, -0.1) is 0 Å². The minimum Gasteiger partial charge on any atom is -0.493 e. The first-order chi connectivity index (χ1) is 20.0. The number of fused-ring (bicyclic) bond motifs is 2. The Kier molecular flexibility index (Phi) is 6.44. The summed E-state index contributed by atoms with van der Waals surface area (Å²) in [5.41, 5.74) is 2.28. The number of rotatable bonds is 6. The van der Waals surface area contributed by atoms with Crippen LogP contribution in [-0.4, -0.2) is 103 Å². The minimum absolute atomic E-state index is 0.0215. The van der Waals surface area contributed by atoms with E-state index in [9.17, 15) is 14.4 Å². The quantitative estimate of drug-likeness (QED) is 0.432. The summed E-state index contributed by atoms with van der Waals surface area (Å²) in [4.78, 5) is 51.8. The van der Waals surface area contributed by atoms with Crippen LogP contribution in [0.4, 0.5) is 5.69 Å². The number of piperazine rings is 1. The van der Waals surface area contributed by atoms with Gasteiger partial charge in [0.2, 0.25) is 0 Å². The molecule has 10 nitrogen and oxygen atoms in total. The molecule has 0 aliphatic carbocycles. The molecule has 1 atom stereocenters. The first-order valence-corrected chi connectivity index (χ1v) is 14.0. The standard InChI is InChI=1S/C31H31N5O5/c1-40-26-15-24-25(32-17-21-7-4-10-35(21)31(24)39)16-27(26)41-19-34-13-11-33(12-14-34)18-36-29(37)22-8-2-5-20-6-3-9-23(28(20)22)30(36)38/h2-3,5-6,8-9,15-17,21H,4,7,10-14,18-19H2,1H3/t21-/m0/s1. The average Bonchev–Trinajstić information content (AvgIpc) is 3.44. The first-order valence-electron chi connectivity index (χ1n) is 14.0. The molecule has 210 valence electrons. The van der Waals surface area contributed by atoms with Gasteiger partial charge < -0.3 is 14.4 Å². The Morgan fingerprint density at radius 1 is 0.829 bits per heavy atom. The number of carbonyl (C=O) groups is 3. The monoisotopic (exact) mass is 553 g/mol. The van der Waals surface area contributed by atoms with Crippen molar-refractivity contribution in [2.75, 3.05) is 53.2 Å². The van der Waals surface area contributed by atoms with Crippen molar-refractivity contribution in [3.63, 3.8) is 0 Å². The molecule has 2 saturated heterocycles. The Hall–Kier alpha value is -4.28. The maximum absolute atomic E-state index is 13.3. The second-order valence-corrected chi connectivity index (χ2v) is 10.9. The van der Waals surface area contributed by atoms with Crippen LogP contribution in [0.25, 0.3) is 10.8 Å². The zero-order valence-corrected chi connectivity index (χ0v) is 22.9. The lowest BCUT2D eigenvalue weighted by Gasteiger charge is -2.37. The molecule has 10 heteroatoms. The van der Waals surface area contributed by atoms with Crippen molar-refractivity contribution in [1.82, 2.24) is 19.6 Å². The van der Waals surface area contributed by atoms with Crippen molar-refractivity contribution in [2.24, 2.45) is 4.99 Å². The van der Waals surface area contributed by atoms with Gasteiger partial charge in [0.15, 0.2) is 11.5 Å². The maximum atomic E-state index is 13.3. The Morgan fingerprint density at radius 2 is 1.54 bits per heavy atom. The average molecular weight is 554 g/mol. The molecule has 7 rings (SSSR count). The van der Waals surface area contributed by atoms with E-state index >= 15 is 0 Å². The fourth-order valence-corrected chi connectivity index (χ4v) is 6.25. The summed E-state index contributed by atoms with van der Waals surface area (Å²) >= 11 is 0. The van der Waals surface area contributed by atoms with E-state index < -0.39 is 0 Å². The van der Waals surface area contributed by atoms with Gasteiger partial charge in [0.25, 0.3) is 17.7 Å². The molecule has 3 amide bonds. The summed E-state index contributed by atoms with van der Waals surface area (Å²) in [5, 5.41) is 1.65. The van der Waals surface area contributed by atoms with E-state index in [1.807, 2.05) is 35.4 Å². The van der Waals surface area contributed by atoms with Gasteiger partial charge in [0.05, 0.1) is 31.1 Å². The highest BCUT2D eigenvalue weighted by Crippen LogP contribution is 2.38. The molecule has 4 aliphatic rings. The third-order valence-corrected chi connectivity index (χ3v) is 8.52. The molecule has 3 aromatic rings. The van der Waals surface area contributed by atoms with Crippen LogP contribution in [0.5, 0.6) is 11.5 Å². The highest BCUT2D eigenvalue weighted by molar-refractivity contribution is 6.25. The number of nitrogens with zero attached hydrogens (tertiary/aromatic N) is 5. The maximum Gasteiger partial charge on any atom is 0.262 e. The summed E-state index contributed by atoms with van der Waals surface area (Å²) in [6.45, 7) is 4.12. The first kappa shape index (κ1) is 25.7.